The van der Waals surface area contributed by atoms with Crippen molar-refractivity contribution in [1.82, 2.24) is 9.88 Å². The van der Waals surface area contributed by atoms with E-state index in [2.05, 4.69) is 4.98 Å². The molecule has 7 heteroatoms. The van der Waals surface area contributed by atoms with Gasteiger partial charge in [-0.15, -0.1) is 0 Å². The zero-order chi connectivity index (χ0) is 13.8. The average molecular weight is 317 g/mol. The smallest absolute Gasteiger partial charge is 0.397 e. The van der Waals surface area contributed by atoms with E-state index in [4.69, 9.17) is 27.9 Å². The Hall–Kier alpha value is -1.30. The van der Waals surface area contributed by atoms with Crippen molar-refractivity contribution in [2.45, 2.75) is 6.54 Å². The van der Waals surface area contributed by atoms with Crippen molar-refractivity contribution in [3.8, 4) is 5.06 Å². The lowest BCUT2D eigenvalue weighted by Crippen LogP contribution is -2.29. The van der Waals surface area contributed by atoms with Gasteiger partial charge < -0.3 is 9.64 Å². The summed E-state index contributed by atoms with van der Waals surface area (Å²) >= 11 is 13.3. The molecule has 19 heavy (non-hydrogen) atoms. The van der Waals surface area contributed by atoms with Crippen LogP contribution >= 0.6 is 34.5 Å². The van der Waals surface area contributed by atoms with Crippen molar-refractivity contribution < 1.29 is 9.53 Å². The molecule has 0 unspecified atom stereocenters. The van der Waals surface area contributed by atoms with E-state index < -0.39 is 6.09 Å². The Labute approximate surface area is 124 Å². The van der Waals surface area contributed by atoms with E-state index in [9.17, 15) is 4.79 Å². The quantitative estimate of drug-likeness (QED) is 0.856. The van der Waals surface area contributed by atoms with E-state index in [-0.39, 0.29) is 6.54 Å². The fraction of sp³-hybridized carbons (Fsp3) is 0.167. The second-order valence-corrected chi connectivity index (χ2v) is 5.41. The molecule has 1 aromatic carbocycles. The van der Waals surface area contributed by atoms with E-state index in [0.29, 0.717) is 20.7 Å². The van der Waals surface area contributed by atoms with Crippen LogP contribution in [0.4, 0.5) is 4.79 Å². The molecule has 0 saturated carbocycles. The van der Waals surface area contributed by atoms with Gasteiger partial charge in [-0.05, 0) is 12.1 Å². The molecule has 0 saturated heterocycles. The molecule has 0 atom stereocenters. The zero-order valence-corrected chi connectivity index (χ0v) is 12.3. The number of aromatic nitrogens is 1. The molecule has 0 bridgehead atoms. The van der Waals surface area contributed by atoms with Crippen LogP contribution in [-0.4, -0.2) is 23.0 Å². The Balaban J connectivity index is 2.04. The van der Waals surface area contributed by atoms with Gasteiger partial charge in [-0.2, -0.15) is 0 Å². The first-order chi connectivity index (χ1) is 9.08. The highest BCUT2D eigenvalue weighted by Gasteiger charge is 2.15. The highest BCUT2D eigenvalue weighted by molar-refractivity contribution is 7.11. The van der Waals surface area contributed by atoms with Gasteiger partial charge in [-0.25, -0.2) is 9.78 Å². The lowest BCUT2D eigenvalue weighted by Gasteiger charge is -2.17. The number of nitrogens with zero attached hydrogens (tertiary/aromatic N) is 2. The second kappa shape index (κ2) is 6.23. The Bertz CT molecular complexity index is 555. The van der Waals surface area contributed by atoms with Gasteiger partial charge in [-0.1, -0.05) is 40.6 Å². The molecular weight excluding hydrogens is 307 g/mol. The number of amides is 1. The van der Waals surface area contributed by atoms with E-state index >= 15 is 0 Å². The molecule has 0 N–H and O–H groups in total. The van der Waals surface area contributed by atoms with Crippen LogP contribution < -0.4 is 4.74 Å². The number of hydrogen-bond donors (Lipinski definition) is 0. The minimum atomic E-state index is -0.486. The van der Waals surface area contributed by atoms with Crippen molar-refractivity contribution in [2.24, 2.45) is 0 Å². The topological polar surface area (TPSA) is 42.4 Å². The molecule has 1 amide bonds. The number of thiazole rings is 1. The summed E-state index contributed by atoms with van der Waals surface area (Å²) in [7, 11) is 1.61. The predicted octanol–water partition coefficient (Wildman–Crippen LogP) is 4.08. The molecule has 1 heterocycles. The largest absolute Gasteiger partial charge is 0.416 e. The summed E-state index contributed by atoms with van der Waals surface area (Å²) in [4.78, 5) is 17.1. The van der Waals surface area contributed by atoms with Crippen LogP contribution in [0.1, 0.15) is 5.56 Å². The number of carbonyl (C=O) groups is 1. The van der Waals surface area contributed by atoms with Crippen LogP contribution in [0, 0.1) is 0 Å². The van der Waals surface area contributed by atoms with E-state index in [0.717, 1.165) is 0 Å². The maximum absolute atomic E-state index is 11.8. The van der Waals surface area contributed by atoms with Gasteiger partial charge in [0.05, 0.1) is 18.3 Å². The molecule has 100 valence electrons. The third-order valence-corrected chi connectivity index (χ3v) is 3.72. The van der Waals surface area contributed by atoms with Crippen molar-refractivity contribution in [3.05, 3.63) is 45.5 Å². The summed E-state index contributed by atoms with van der Waals surface area (Å²) in [6, 6.07) is 5.21. The minimum Gasteiger partial charge on any atom is -0.397 e. The lowest BCUT2D eigenvalue weighted by molar-refractivity contribution is 0.162. The van der Waals surface area contributed by atoms with E-state index in [1.165, 1.54) is 22.4 Å². The summed E-state index contributed by atoms with van der Waals surface area (Å²) in [5.41, 5.74) is 2.28. The van der Waals surface area contributed by atoms with Gasteiger partial charge >= 0.3 is 6.09 Å². The Morgan fingerprint density at radius 3 is 2.68 bits per heavy atom. The number of ether oxygens (including phenoxy) is 1. The molecule has 0 fully saturated rings. The zero-order valence-electron chi connectivity index (χ0n) is 9.97. The van der Waals surface area contributed by atoms with E-state index in [1.54, 1.807) is 30.8 Å². The Kier molecular flexibility index (Phi) is 4.63. The van der Waals surface area contributed by atoms with Crippen LogP contribution in [0.25, 0.3) is 0 Å². The summed E-state index contributed by atoms with van der Waals surface area (Å²) in [5.74, 6) is 0. The van der Waals surface area contributed by atoms with Gasteiger partial charge in [0, 0.05) is 22.7 Å². The summed E-state index contributed by atoms with van der Waals surface area (Å²) in [6.45, 7) is 0.274. The van der Waals surface area contributed by atoms with Crippen LogP contribution in [0.5, 0.6) is 5.06 Å². The van der Waals surface area contributed by atoms with Gasteiger partial charge in [0.25, 0.3) is 0 Å². The van der Waals surface area contributed by atoms with Gasteiger partial charge in [0.2, 0.25) is 5.06 Å². The number of halogens is 2. The number of benzene rings is 1. The SMILES string of the molecule is CN(Cc1c(Cl)cccc1Cl)C(=O)Oc1cncs1. The van der Waals surface area contributed by atoms with Crippen LogP contribution in [0.3, 0.4) is 0 Å². The first-order valence-electron chi connectivity index (χ1n) is 5.32. The normalized spacial score (nSPS) is 10.3. The lowest BCUT2D eigenvalue weighted by atomic mass is 10.2. The maximum atomic E-state index is 11.8. The van der Waals surface area contributed by atoms with Crippen molar-refractivity contribution in [1.29, 1.82) is 0 Å². The number of carbonyl (C=O) groups excluding carboxylic acids is 1. The Morgan fingerprint density at radius 1 is 1.42 bits per heavy atom. The van der Waals surface area contributed by atoms with E-state index in [1.807, 2.05) is 0 Å². The monoisotopic (exact) mass is 316 g/mol. The van der Waals surface area contributed by atoms with Gasteiger partial charge in [-0.3, -0.25) is 0 Å². The number of rotatable bonds is 3. The van der Waals surface area contributed by atoms with Crippen LogP contribution in [-0.2, 0) is 6.54 Å². The molecule has 4 nitrogen and oxygen atoms in total. The highest BCUT2D eigenvalue weighted by atomic mass is 35.5. The molecule has 0 aliphatic heterocycles. The van der Waals surface area contributed by atoms with Gasteiger partial charge in [0.1, 0.15) is 0 Å². The Morgan fingerprint density at radius 2 is 2.11 bits per heavy atom. The minimum absolute atomic E-state index is 0.274. The first-order valence-corrected chi connectivity index (χ1v) is 6.96. The fourth-order valence-electron chi connectivity index (χ4n) is 1.40. The predicted molar refractivity (Wildman–Crippen MR) is 76.1 cm³/mol. The average Bonchev–Trinajstić information content (AvgIpc) is 2.86. The second-order valence-electron chi connectivity index (χ2n) is 3.74. The summed E-state index contributed by atoms with van der Waals surface area (Å²) in [6.07, 6.45) is 0.999. The summed E-state index contributed by atoms with van der Waals surface area (Å²) < 4.78 is 5.12. The van der Waals surface area contributed by atoms with Gasteiger partial charge in [0.15, 0.2) is 0 Å². The van der Waals surface area contributed by atoms with Crippen molar-refractivity contribution in [2.75, 3.05) is 7.05 Å². The van der Waals surface area contributed by atoms with Crippen LogP contribution in [0.2, 0.25) is 10.0 Å². The molecule has 1 aromatic heterocycles. The molecule has 0 aliphatic carbocycles. The molecule has 0 spiro atoms. The molecule has 2 aromatic rings. The van der Waals surface area contributed by atoms with Crippen molar-refractivity contribution in [3.63, 3.8) is 0 Å². The molecule has 0 radical (unpaired) electrons. The maximum Gasteiger partial charge on any atom is 0.416 e. The summed E-state index contributed by atoms with van der Waals surface area (Å²) in [5, 5.41) is 1.48. The highest BCUT2D eigenvalue weighted by Crippen LogP contribution is 2.25. The third-order valence-electron chi connectivity index (χ3n) is 2.37. The molecule has 2 rings (SSSR count). The van der Waals surface area contributed by atoms with Crippen molar-refractivity contribution >= 4 is 40.6 Å². The molecular formula is C12H10Cl2N2O2S. The third kappa shape index (κ3) is 3.59. The first kappa shape index (κ1) is 14.1. The number of hydrogen-bond acceptors (Lipinski definition) is 4. The molecule has 0 aliphatic rings. The van der Waals surface area contributed by atoms with Crippen LogP contribution in [0.15, 0.2) is 29.9 Å². The standard InChI is InChI=1S/C12H10Cl2N2O2S/c1-16(12(17)18-11-5-15-7-19-11)6-8-9(13)3-2-4-10(8)14/h2-5,7H,6H2,1H3. The fourth-order valence-corrected chi connectivity index (χ4v) is 2.39.